The number of halogens is 1. The molecule has 0 radical (unpaired) electrons. The van der Waals surface area contributed by atoms with Crippen LogP contribution in [-0.4, -0.2) is 16.8 Å². The maximum Gasteiger partial charge on any atom is 0.294 e. The summed E-state index contributed by atoms with van der Waals surface area (Å²) in [6.45, 7) is 7.19. The van der Waals surface area contributed by atoms with Crippen LogP contribution in [0.25, 0.3) is 0 Å². The lowest BCUT2D eigenvalue weighted by atomic mass is 9.83. The van der Waals surface area contributed by atoms with Gasteiger partial charge in [0.2, 0.25) is 0 Å². The van der Waals surface area contributed by atoms with E-state index in [1.54, 1.807) is 39.0 Å². The summed E-state index contributed by atoms with van der Waals surface area (Å²) in [4.78, 5) is 28.3. The predicted octanol–water partition coefficient (Wildman–Crippen LogP) is 5.23. The fourth-order valence-corrected chi connectivity index (χ4v) is 4.15. The quantitative estimate of drug-likeness (QED) is 0.782. The third-order valence-corrected chi connectivity index (χ3v) is 5.52. The van der Waals surface area contributed by atoms with Gasteiger partial charge in [-0.1, -0.05) is 38.4 Å². The molecule has 0 bridgehead atoms. The molecule has 0 saturated heterocycles. The van der Waals surface area contributed by atoms with Crippen LogP contribution in [0.15, 0.2) is 47.0 Å². The highest BCUT2D eigenvalue weighted by molar-refractivity contribution is 7.10. The van der Waals surface area contributed by atoms with Gasteiger partial charge in [0.05, 0.1) is 5.57 Å². The lowest BCUT2D eigenvalue weighted by Gasteiger charge is -2.29. The molecule has 1 aliphatic heterocycles. The maximum absolute atomic E-state index is 13.0. The molecule has 6 heteroatoms. The van der Waals surface area contributed by atoms with Crippen molar-refractivity contribution in [2.75, 3.05) is 4.90 Å². The van der Waals surface area contributed by atoms with Gasteiger partial charge in [-0.25, -0.2) is 0 Å². The van der Waals surface area contributed by atoms with E-state index in [2.05, 4.69) is 0 Å². The van der Waals surface area contributed by atoms with E-state index < -0.39 is 23.1 Å². The minimum Gasteiger partial charge on any atom is -0.503 e. The molecule has 1 atom stereocenters. The van der Waals surface area contributed by atoms with E-state index in [9.17, 15) is 14.7 Å². The van der Waals surface area contributed by atoms with Gasteiger partial charge in [0.1, 0.15) is 6.04 Å². The third-order valence-electron chi connectivity index (χ3n) is 4.37. The summed E-state index contributed by atoms with van der Waals surface area (Å²) in [5.41, 5.74) is 0.856. The number of carbonyl (C=O) groups is 2. The predicted molar refractivity (Wildman–Crippen MR) is 105 cm³/mol. The van der Waals surface area contributed by atoms with Gasteiger partial charge in [-0.15, -0.1) is 11.3 Å². The fraction of sp³-hybridized carbons (Fsp3) is 0.300. The van der Waals surface area contributed by atoms with Crippen LogP contribution in [0.3, 0.4) is 0 Å². The van der Waals surface area contributed by atoms with Crippen molar-refractivity contribution in [3.8, 4) is 0 Å². The molecule has 1 N–H and O–H groups in total. The number of aliphatic hydroxyl groups is 1. The molecule has 0 spiro atoms. The highest BCUT2D eigenvalue weighted by atomic mass is 35.5. The molecule has 4 nitrogen and oxygen atoms in total. The van der Waals surface area contributed by atoms with Gasteiger partial charge in [0, 0.05) is 21.0 Å². The Balaban J connectivity index is 2.20. The molecular weight excluding hydrogens is 370 g/mol. The first-order chi connectivity index (χ1) is 12.1. The molecule has 2 aromatic rings. The highest BCUT2D eigenvalue weighted by Crippen LogP contribution is 2.45. The molecule has 26 heavy (non-hydrogen) atoms. The first kappa shape index (κ1) is 18.7. The zero-order chi connectivity index (χ0) is 19.2. The van der Waals surface area contributed by atoms with Crippen LogP contribution in [0.4, 0.5) is 5.69 Å². The van der Waals surface area contributed by atoms with E-state index in [1.165, 1.54) is 16.2 Å². The Labute approximate surface area is 161 Å². The molecule has 1 aromatic heterocycles. The molecule has 0 fully saturated rings. The summed E-state index contributed by atoms with van der Waals surface area (Å²) in [5.74, 6) is -1.28. The number of benzene rings is 1. The van der Waals surface area contributed by atoms with E-state index in [1.807, 2.05) is 24.4 Å². The van der Waals surface area contributed by atoms with Crippen molar-refractivity contribution in [3.05, 3.63) is 62.5 Å². The number of carbonyl (C=O) groups excluding carboxylic acids is 2. The van der Waals surface area contributed by atoms with Gasteiger partial charge in [-0.3, -0.25) is 14.5 Å². The van der Waals surface area contributed by atoms with Crippen molar-refractivity contribution in [2.45, 2.75) is 33.7 Å². The fourth-order valence-electron chi connectivity index (χ4n) is 3.09. The van der Waals surface area contributed by atoms with Gasteiger partial charge >= 0.3 is 0 Å². The number of ketones is 1. The molecule has 1 aromatic carbocycles. The minimum atomic E-state index is -0.718. The van der Waals surface area contributed by atoms with Crippen LogP contribution in [0.5, 0.6) is 0 Å². The van der Waals surface area contributed by atoms with Gasteiger partial charge in [0.15, 0.2) is 11.5 Å². The van der Waals surface area contributed by atoms with Crippen molar-refractivity contribution in [3.63, 3.8) is 0 Å². The van der Waals surface area contributed by atoms with Crippen molar-refractivity contribution in [1.29, 1.82) is 0 Å². The molecule has 2 heterocycles. The second-order valence-electron chi connectivity index (χ2n) is 7.37. The van der Waals surface area contributed by atoms with E-state index in [4.69, 9.17) is 11.6 Å². The van der Waals surface area contributed by atoms with Crippen LogP contribution >= 0.6 is 22.9 Å². The minimum absolute atomic E-state index is 0.152. The molecule has 0 aliphatic carbocycles. The Hall–Kier alpha value is -2.11. The van der Waals surface area contributed by atoms with Crippen molar-refractivity contribution in [2.24, 2.45) is 5.41 Å². The summed E-state index contributed by atoms with van der Waals surface area (Å²) in [6, 6.07) is 8.29. The molecular formula is C20H20ClNO3S. The van der Waals surface area contributed by atoms with Crippen LogP contribution < -0.4 is 4.90 Å². The summed E-state index contributed by atoms with van der Waals surface area (Å²) >= 11 is 7.49. The molecule has 3 rings (SSSR count). The lowest BCUT2D eigenvalue weighted by molar-refractivity contribution is -0.123. The number of aliphatic hydroxyl groups excluding tert-OH is 1. The SMILES string of the molecule is Cc1cc(Cl)ccc1N1C(=O)C(O)=C(C(=O)C(C)(C)C)C1c1cccs1. The van der Waals surface area contributed by atoms with E-state index in [0.29, 0.717) is 10.7 Å². The summed E-state index contributed by atoms with van der Waals surface area (Å²) in [5, 5.41) is 13.0. The standard InChI is InChI=1S/C20H20ClNO3S/c1-11-10-12(21)7-8-13(11)22-16(14-6-5-9-26-14)15(17(23)19(22)25)18(24)20(2,3)4/h5-10,16,23H,1-4H3. The van der Waals surface area contributed by atoms with Crippen LogP contribution in [-0.2, 0) is 9.59 Å². The number of Topliss-reactive ketones (excluding diaryl/α,β-unsaturated/α-hetero) is 1. The molecule has 1 aliphatic rings. The van der Waals surface area contributed by atoms with Gasteiger partial charge in [-0.05, 0) is 42.1 Å². The molecule has 1 unspecified atom stereocenters. The average molecular weight is 390 g/mol. The van der Waals surface area contributed by atoms with Crippen molar-refractivity contribution < 1.29 is 14.7 Å². The monoisotopic (exact) mass is 389 g/mol. The largest absolute Gasteiger partial charge is 0.503 e. The van der Waals surface area contributed by atoms with Crippen molar-refractivity contribution in [1.82, 2.24) is 0 Å². The van der Waals surface area contributed by atoms with Gasteiger partial charge in [0.25, 0.3) is 5.91 Å². The van der Waals surface area contributed by atoms with Gasteiger partial charge < -0.3 is 5.11 Å². The van der Waals surface area contributed by atoms with E-state index in [0.717, 1.165) is 10.4 Å². The van der Waals surface area contributed by atoms with Crippen LogP contribution in [0.2, 0.25) is 5.02 Å². The Morgan fingerprint density at radius 1 is 1.27 bits per heavy atom. The Bertz CT molecular complexity index is 910. The lowest BCUT2D eigenvalue weighted by Crippen LogP contribution is -2.32. The number of nitrogens with zero attached hydrogens (tertiary/aromatic N) is 1. The normalized spacial score (nSPS) is 18.0. The molecule has 0 saturated carbocycles. The zero-order valence-corrected chi connectivity index (χ0v) is 16.6. The van der Waals surface area contributed by atoms with Crippen LogP contribution in [0, 0.1) is 12.3 Å². The Morgan fingerprint density at radius 3 is 2.50 bits per heavy atom. The molecule has 1 amide bonds. The smallest absolute Gasteiger partial charge is 0.294 e. The van der Waals surface area contributed by atoms with Crippen LogP contribution in [0.1, 0.15) is 37.3 Å². The Kier molecular flexibility index (Phi) is 4.71. The first-order valence-electron chi connectivity index (χ1n) is 8.24. The van der Waals surface area contributed by atoms with E-state index in [-0.39, 0.29) is 11.4 Å². The number of hydrogen-bond acceptors (Lipinski definition) is 4. The number of aryl methyl sites for hydroxylation is 1. The summed E-state index contributed by atoms with van der Waals surface area (Å²) in [6.07, 6.45) is 0. The number of amides is 1. The zero-order valence-electron chi connectivity index (χ0n) is 15.0. The Morgan fingerprint density at radius 2 is 1.96 bits per heavy atom. The number of anilines is 1. The number of thiophene rings is 1. The van der Waals surface area contributed by atoms with Crippen molar-refractivity contribution >= 4 is 40.3 Å². The maximum atomic E-state index is 13.0. The molecule has 136 valence electrons. The highest BCUT2D eigenvalue weighted by Gasteiger charge is 2.47. The third kappa shape index (κ3) is 3.06. The summed E-state index contributed by atoms with van der Waals surface area (Å²) in [7, 11) is 0. The first-order valence-corrected chi connectivity index (χ1v) is 9.49. The van der Waals surface area contributed by atoms with E-state index >= 15 is 0 Å². The average Bonchev–Trinajstić information content (AvgIpc) is 3.15. The topological polar surface area (TPSA) is 57.6 Å². The summed E-state index contributed by atoms with van der Waals surface area (Å²) < 4.78 is 0. The second kappa shape index (κ2) is 6.56. The number of rotatable bonds is 3. The second-order valence-corrected chi connectivity index (χ2v) is 8.78. The number of hydrogen-bond donors (Lipinski definition) is 1. The van der Waals surface area contributed by atoms with Gasteiger partial charge in [-0.2, -0.15) is 0 Å².